The van der Waals surface area contributed by atoms with E-state index in [1.165, 1.54) is 19.3 Å². The average Bonchev–Trinajstić information content (AvgIpc) is 3.00. The Bertz CT molecular complexity index is 185. The van der Waals surface area contributed by atoms with E-state index in [0.29, 0.717) is 12.1 Å². The molecule has 1 aliphatic rings. The van der Waals surface area contributed by atoms with E-state index >= 15 is 0 Å². The van der Waals surface area contributed by atoms with Crippen molar-refractivity contribution in [1.82, 2.24) is 10.2 Å². The molecule has 88 valence electrons. The molecule has 0 heterocycles. The third-order valence-electron chi connectivity index (χ3n) is 3.06. The molecule has 15 heavy (non-hydrogen) atoms. The van der Waals surface area contributed by atoms with Gasteiger partial charge in [-0.2, -0.15) is 0 Å². The molecule has 0 spiro atoms. The Balaban J connectivity index is 2.41. The lowest BCUT2D eigenvalue weighted by molar-refractivity contribution is 0.194. The van der Waals surface area contributed by atoms with Crippen molar-refractivity contribution >= 4 is 0 Å². The van der Waals surface area contributed by atoms with Crippen LogP contribution >= 0.6 is 0 Å². The van der Waals surface area contributed by atoms with Gasteiger partial charge >= 0.3 is 0 Å². The van der Waals surface area contributed by atoms with Crippen molar-refractivity contribution in [3.63, 3.8) is 0 Å². The highest BCUT2D eigenvalue weighted by atomic mass is 15.2. The number of hydrogen-bond acceptors (Lipinski definition) is 2. The molecule has 0 amide bonds. The molecule has 0 aromatic rings. The first-order chi connectivity index (χ1) is 7.19. The quantitative estimate of drug-likeness (QED) is 0.619. The normalized spacial score (nSPS) is 18.5. The van der Waals surface area contributed by atoms with Gasteiger partial charge in [0.2, 0.25) is 0 Å². The lowest BCUT2D eigenvalue weighted by Crippen LogP contribution is -2.44. The lowest BCUT2D eigenvalue weighted by atomic mass is 10.1. The second-order valence-electron chi connectivity index (χ2n) is 4.84. The Labute approximate surface area is 94.7 Å². The van der Waals surface area contributed by atoms with E-state index in [2.05, 4.69) is 37.6 Å². The van der Waals surface area contributed by atoms with Gasteiger partial charge in [0, 0.05) is 31.2 Å². The van der Waals surface area contributed by atoms with E-state index in [4.69, 9.17) is 0 Å². The number of nitrogens with one attached hydrogen (secondary N) is 1. The summed E-state index contributed by atoms with van der Waals surface area (Å²) in [5.41, 5.74) is 0. The zero-order valence-electron chi connectivity index (χ0n) is 10.5. The zero-order chi connectivity index (χ0) is 11.3. The van der Waals surface area contributed by atoms with Gasteiger partial charge < -0.3 is 5.32 Å². The number of hydrogen-bond donors (Lipinski definition) is 1. The Morgan fingerprint density at radius 3 is 2.53 bits per heavy atom. The van der Waals surface area contributed by atoms with Gasteiger partial charge in [0.05, 0.1) is 0 Å². The number of nitrogens with zero attached hydrogens (tertiary/aromatic N) is 1. The molecule has 1 atom stereocenters. The Morgan fingerprint density at radius 2 is 2.13 bits per heavy atom. The topological polar surface area (TPSA) is 15.3 Å². The molecule has 0 aromatic carbocycles. The van der Waals surface area contributed by atoms with Crippen molar-refractivity contribution in [2.75, 3.05) is 13.1 Å². The maximum absolute atomic E-state index is 3.86. The van der Waals surface area contributed by atoms with Gasteiger partial charge in [0.1, 0.15) is 0 Å². The molecular weight excluding hydrogens is 184 g/mol. The second kappa shape index (κ2) is 6.29. The Hall–Kier alpha value is -0.340. The van der Waals surface area contributed by atoms with E-state index in [0.717, 1.165) is 19.1 Å². The van der Waals surface area contributed by atoms with Gasteiger partial charge in [0.15, 0.2) is 0 Å². The first-order valence-electron chi connectivity index (χ1n) is 6.29. The predicted octanol–water partition coefficient (Wildman–Crippen LogP) is 2.41. The minimum atomic E-state index is 0.587. The summed E-state index contributed by atoms with van der Waals surface area (Å²) < 4.78 is 0. The molecule has 0 bridgehead atoms. The van der Waals surface area contributed by atoms with Crippen LogP contribution in [0, 0.1) is 0 Å². The fourth-order valence-corrected chi connectivity index (χ4v) is 2.02. The largest absolute Gasteiger partial charge is 0.313 e. The van der Waals surface area contributed by atoms with Crippen LogP contribution in [0.5, 0.6) is 0 Å². The van der Waals surface area contributed by atoms with Crippen molar-refractivity contribution in [3.8, 4) is 0 Å². The first-order valence-corrected chi connectivity index (χ1v) is 6.29. The third-order valence-corrected chi connectivity index (χ3v) is 3.06. The predicted molar refractivity (Wildman–Crippen MR) is 67.1 cm³/mol. The fourth-order valence-electron chi connectivity index (χ4n) is 2.02. The van der Waals surface area contributed by atoms with Gasteiger partial charge in [-0.25, -0.2) is 0 Å². The van der Waals surface area contributed by atoms with Gasteiger partial charge in [-0.15, -0.1) is 6.58 Å². The maximum Gasteiger partial charge on any atom is 0.0224 e. The van der Waals surface area contributed by atoms with Crippen molar-refractivity contribution in [1.29, 1.82) is 0 Å². The van der Waals surface area contributed by atoms with Crippen LogP contribution in [0.3, 0.4) is 0 Å². The van der Waals surface area contributed by atoms with Gasteiger partial charge in [-0.05, 0) is 19.3 Å². The maximum atomic E-state index is 3.86. The highest BCUT2D eigenvalue weighted by Crippen LogP contribution is 2.29. The zero-order valence-corrected chi connectivity index (χ0v) is 10.5. The van der Waals surface area contributed by atoms with Crippen LogP contribution in [-0.4, -0.2) is 36.1 Å². The molecule has 1 aliphatic carbocycles. The minimum Gasteiger partial charge on any atom is -0.313 e. The van der Waals surface area contributed by atoms with Crippen LogP contribution in [0.4, 0.5) is 0 Å². The summed E-state index contributed by atoms with van der Waals surface area (Å²) in [5.74, 6) is 0. The van der Waals surface area contributed by atoms with Crippen molar-refractivity contribution in [3.05, 3.63) is 12.7 Å². The molecule has 1 N–H and O–H groups in total. The van der Waals surface area contributed by atoms with E-state index in [-0.39, 0.29) is 0 Å². The number of rotatable bonds is 8. The highest BCUT2D eigenvalue weighted by Gasteiger charge is 2.32. The highest BCUT2D eigenvalue weighted by molar-refractivity contribution is 4.92. The van der Waals surface area contributed by atoms with Crippen molar-refractivity contribution in [2.24, 2.45) is 0 Å². The molecule has 0 aromatic heterocycles. The second-order valence-corrected chi connectivity index (χ2v) is 4.84. The molecule has 2 heteroatoms. The monoisotopic (exact) mass is 210 g/mol. The Kier molecular flexibility index (Phi) is 5.34. The Morgan fingerprint density at radius 1 is 1.47 bits per heavy atom. The summed E-state index contributed by atoms with van der Waals surface area (Å²) in [6.45, 7) is 12.7. The molecular formula is C13H26N2. The third kappa shape index (κ3) is 4.35. The van der Waals surface area contributed by atoms with E-state index in [9.17, 15) is 0 Å². The molecule has 1 fully saturated rings. The summed E-state index contributed by atoms with van der Waals surface area (Å²) in [6, 6.07) is 2.10. The van der Waals surface area contributed by atoms with Crippen LogP contribution in [0.15, 0.2) is 12.7 Å². The molecule has 2 nitrogen and oxygen atoms in total. The fraction of sp³-hybridized carbons (Fsp3) is 0.846. The summed E-state index contributed by atoms with van der Waals surface area (Å²) in [5, 5.41) is 3.54. The van der Waals surface area contributed by atoms with E-state index in [1.54, 1.807) is 0 Å². The van der Waals surface area contributed by atoms with Gasteiger partial charge in [0.25, 0.3) is 0 Å². The molecule has 1 saturated carbocycles. The van der Waals surface area contributed by atoms with E-state index in [1.807, 2.05) is 6.08 Å². The summed E-state index contributed by atoms with van der Waals surface area (Å²) in [4.78, 5) is 2.61. The lowest BCUT2D eigenvalue weighted by Gasteiger charge is -2.31. The molecule has 0 aliphatic heterocycles. The minimum absolute atomic E-state index is 0.587. The van der Waals surface area contributed by atoms with E-state index < -0.39 is 0 Å². The van der Waals surface area contributed by atoms with Crippen LogP contribution < -0.4 is 5.32 Å². The molecule has 0 saturated heterocycles. The van der Waals surface area contributed by atoms with Gasteiger partial charge in [-0.1, -0.05) is 26.8 Å². The van der Waals surface area contributed by atoms with Crippen LogP contribution in [0.1, 0.15) is 40.0 Å². The first kappa shape index (κ1) is 12.7. The van der Waals surface area contributed by atoms with Crippen LogP contribution in [0.2, 0.25) is 0 Å². The summed E-state index contributed by atoms with van der Waals surface area (Å²) in [6.07, 6.45) is 6.03. The van der Waals surface area contributed by atoms with Gasteiger partial charge in [-0.3, -0.25) is 4.90 Å². The molecule has 1 unspecified atom stereocenters. The van der Waals surface area contributed by atoms with Crippen LogP contribution in [0.25, 0.3) is 0 Å². The van der Waals surface area contributed by atoms with Crippen LogP contribution in [-0.2, 0) is 0 Å². The SMILES string of the molecule is C=CCN(C1CC1)C(CC)CNC(C)C. The standard InChI is InChI=1S/C13H26N2/c1-5-9-15(13-7-8-13)12(6-2)10-14-11(3)4/h5,11-14H,1,6-10H2,2-4H3. The smallest absolute Gasteiger partial charge is 0.0224 e. The molecule has 0 radical (unpaired) electrons. The summed E-state index contributed by atoms with van der Waals surface area (Å²) in [7, 11) is 0. The molecule has 1 rings (SSSR count). The average molecular weight is 210 g/mol. The van der Waals surface area contributed by atoms with Crippen molar-refractivity contribution in [2.45, 2.75) is 58.2 Å². The summed E-state index contributed by atoms with van der Waals surface area (Å²) >= 11 is 0. The van der Waals surface area contributed by atoms with Crippen molar-refractivity contribution < 1.29 is 0 Å².